The van der Waals surface area contributed by atoms with Crippen LogP contribution in [0.2, 0.25) is 0 Å². The highest BCUT2D eigenvalue weighted by Crippen LogP contribution is 2.18. The minimum atomic E-state index is -0.199. The zero-order valence-electron chi connectivity index (χ0n) is 8.45. The second-order valence-corrected chi connectivity index (χ2v) is 4.22. The van der Waals surface area contributed by atoms with Gasteiger partial charge in [0.2, 0.25) is 0 Å². The Morgan fingerprint density at radius 2 is 2.08 bits per heavy atom. The average molecular weight is 171 g/mol. The molecule has 1 rings (SSSR count). The first-order chi connectivity index (χ1) is 5.61. The van der Waals surface area contributed by atoms with Gasteiger partial charge in [-0.15, -0.1) is 0 Å². The number of aliphatic hydroxyl groups is 1. The normalized spacial score (nSPS) is 31.5. The summed E-state index contributed by atoms with van der Waals surface area (Å²) in [6.45, 7) is 8.61. The molecule has 0 saturated carbocycles. The zero-order chi connectivity index (χ0) is 9.14. The molecule has 0 aromatic heterocycles. The van der Waals surface area contributed by atoms with Crippen molar-refractivity contribution >= 4 is 0 Å². The standard InChI is InChI=1S/C10H21NO/c1-8-5-4-6-11(7-8)9(2)10(3)12/h8-10,12H,4-7H2,1-3H3. The molecule has 2 heteroatoms. The molecule has 3 atom stereocenters. The molecule has 1 fully saturated rings. The summed E-state index contributed by atoms with van der Waals surface area (Å²) in [6.07, 6.45) is 2.44. The van der Waals surface area contributed by atoms with Crippen molar-refractivity contribution in [3.8, 4) is 0 Å². The van der Waals surface area contributed by atoms with E-state index in [0.717, 1.165) is 19.0 Å². The molecule has 0 amide bonds. The first kappa shape index (κ1) is 10.0. The first-order valence-electron chi connectivity index (χ1n) is 5.03. The van der Waals surface area contributed by atoms with Gasteiger partial charge >= 0.3 is 0 Å². The van der Waals surface area contributed by atoms with Crippen LogP contribution in [0.3, 0.4) is 0 Å². The monoisotopic (exact) mass is 171 g/mol. The lowest BCUT2D eigenvalue weighted by molar-refractivity contribution is 0.0460. The van der Waals surface area contributed by atoms with Gasteiger partial charge in [0.05, 0.1) is 6.10 Å². The summed E-state index contributed by atoms with van der Waals surface area (Å²) < 4.78 is 0. The Kier molecular flexibility index (Phi) is 3.53. The Morgan fingerprint density at radius 1 is 1.42 bits per heavy atom. The van der Waals surface area contributed by atoms with Gasteiger partial charge in [0.1, 0.15) is 0 Å². The van der Waals surface area contributed by atoms with Crippen molar-refractivity contribution in [2.75, 3.05) is 13.1 Å². The van der Waals surface area contributed by atoms with Gasteiger partial charge in [-0.1, -0.05) is 6.92 Å². The Balaban J connectivity index is 2.40. The van der Waals surface area contributed by atoms with Crippen molar-refractivity contribution in [1.29, 1.82) is 0 Å². The summed E-state index contributed by atoms with van der Waals surface area (Å²) in [5.74, 6) is 0.806. The van der Waals surface area contributed by atoms with Crippen molar-refractivity contribution in [1.82, 2.24) is 4.90 Å². The third-order valence-electron chi connectivity index (χ3n) is 2.96. The van der Waals surface area contributed by atoms with Gasteiger partial charge in [-0.2, -0.15) is 0 Å². The molecule has 12 heavy (non-hydrogen) atoms. The van der Waals surface area contributed by atoms with Crippen molar-refractivity contribution < 1.29 is 5.11 Å². The van der Waals surface area contributed by atoms with Gasteiger partial charge in [0.15, 0.2) is 0 Å². The van der Waals surface area contributed by atoms with Crippen molar-refractivity contribution in [3.05, 3.63) is 0 Å². The maximum absolute atomic E-state index is 9.42. The molecular weight excluding hydrogens is 150 g/mol. The van der Waals surface area contributed by atoms with Crippen LogP contribution in [0.25, 0.3) is 0 Å². The summed E-state index contributed by atoms with van der Waals surface area (Å²) in [5.41, 5.74) is 0. The highest BCUT2D eigenvalue weighted by atomic mass is 16.3. The van der Waals surface area contributed by atoms with Crippen molar-refractivity contribution in [2.24, 2.45) is 5.92 Å². The maximum Gasteiger partial charge on any atom is 0.0664 e. The third kappa shape index (κ3) is 2.46. The van der Waals surface area contributed by atoms with Crippen LogP contribution in [0.1, 0.15) is 33.6 Å². The van der Waals surface area contributed by atoms with E-state index in [2.05, 4.69) is 18.7 Å². The van der Waals surface area contributed by atoms with Gasteiger partial charge in [-0.05, 0) is 39.2 Å². The second kappa shape index (κ2) is 4.24. The molecule has 1 aliphatic rings. The minimum absolute atomic E-state index is 0.199. The zero-order valence-corrected chi connectivity index (χ0v) is 8.45. The Labute approximate surface area is 75.6 Å². The molecule has 72 valence electrons. The lowest BCUT2D eigenvalue weighted by atomic mass is 9.98. The fraction of sp³-hybridized carbons (Fsp3) is 1.00. The van der Waals surface area contributed by atoms with Crippen LogP contribution in [0, 0.1) is 5.92 Å². The molecule has 0 radical (unpaired) electrons. The highest BCUT2D eigenvalue weighted by molar-refractivity contribution is 4.77. The van der Waals surface area contributed by atoms with Crippen molar-refractivity contribution in [3.63, 3.8) is 0 Å². The van der Waals surface area contributed by atoms with E-state index in [-0.39, 0.29) is 6.10 Å². The van der Waals surface area contributed by atoms with E-state index in [1.807, 2.05) is 6.92 Å². The smallest absolute Gasteiger partial charge is 0.0664 e. The van der Waals surface area contributed by atoms with Gasteiger partial charge in [-0.3, -0.25) is 4.90 Å². The number of likely N-dealkylation sites (tertiary alicyclic amines) is 1. The van der Waals surface area contributed by atoms with Crippen LogP contribution in [0.15, 0.2) is 0 Å². The van der Waals surface area contributed by atoms with E-state index in [9.17, 15) is 5.11 Å². The molecule has 0 aromatic carbocycles. The van der Waals surface area contributed by atoms with Gasteiger partial charge < -0.3 is 5.11 Å². The number of hydrogen-bond acceptors (Lipinski definition) is 2. The fourth-order valence-corrected chi connectivity index (χ4v) is 1.90. The molecule has 1 saturated heterocycles. The van der Waals surface area contributed by atoms with Crippen LogP contribution in [-0.2, 0) is 0 Å². The molecule has 0 aromatic rings. The quantitative estimate of drug-likeness (QED) is 0.680. The van der Waals surface area contributed by atoms with Gasteiger partial charge in [0, 0.05) is 12.6 Å². The van der Waals surface area contributed by atoms with Crippen LogP contribution in [0.4, 0.5) is 0 Å². The number of piperidine rings is 1. The lowest BCUT2D eigenvalue weighted by Crippen LogP contribution is -2.45. The summed E-state index contributed by atoms with van der Waals surface area (Å²) in [6, 6.07) is 0.327. The fourth-order valence-electron chi connectivity index (χ4n) is 1.90. The molecule has 0 aliphatic carbocycles. The van der Waals surface area contributed by atoms with Crippen LogP contribution in [-0.4, -0.2) is 35.2 Å². The first-order valence-corrected chi connectivity index (χ1v) is 5.03. The Bertz CT molecular complexity index is 136. The molecule has 2 nitrogen and oxygen atoms in total. The van der Waals surface area contributed by atoms with E-state index in [1.165, 1.54) is 12.8 Å². The Hall–Kier alpha value is -0.0800. The molecule has 1 N–H and O–H groups in total. The van der Waals surface area contributed by atoms with Crippen LogP contribution < -0.4 is 0 Å². The topological polar surface area (TPSA) is 23.5 Å². The summed E-state index contributed by atoms with van der Waals surface area (Å²) in [5, 5.41) is 9.42. The summed E-state index contributed by atoms with van der Waals surface area (Å²) in [4.78, 5) is 2.40. The largest absolute Gasteiger partial charge is 0.392 e. The molecular formula is C10H21NO. The van der Waals surface area contributed by atoms with Gasteiger partial charge in [0.25, 0.3) is 0 Å². The van der Waals surface area contributed by atoms with E-state index in [1.54, 1.807) is 0 Å². The number of rotatable bonds is 2. The van der Waals surface area contributed by atoms with E-state index >= 15 is 0 Å². The predicted octanol–water partition coefficient (Wildman–Crippen LogP) is 1.49. The molecule has 0 bridgehead atoms. The Morgan fingerprint density at radius 3 is 2.58 bits per heavy atom. The lowest BCUT2D eigenvalue weighted by Gasteiger charge is -2.36. The van der Waals surface area contributed by atoms with Gasteiger partial charge in [-0.25, -0.2) is 0 Å². The average Bonchev–Trinajstić information content (AvgIpc) is 2.03. The molecule has 0 spiro atoms. The molecule has 3 unspecified atom stereocenters. The van der Waals surface area contributed by atoms with E-state index in [4.69, 9.17) is 0 Å². The third-order valence-corrected chi connectivity index (χ3v) is 2.96. The molecule has 1 heterocycles. The SMILES string of the molecule is CC1CCCN(C(C)C(C)O)C1. The summed E-state index contributed by atoms with van der Waals surface area (Å²) in [7, 11) is 0. The molecule has 1 aliphatic heterocycles. The highest BCUT2D eigenvalue weighted by Gasteiger charge is 2.23. The van der Waals surface area contributed by atoms with Crippen LogP contribution >= 0.6 is 0 Å². The predicted molar refractivity (Wildman–Crippen MR) is 51.1 cm³/mol. The number of aliphatic hydroxyl groups excluding tert-OH is 1. The minimum Gasteiger partial charge on any atom is -0.392 e. The maximum atomic E-state index is 9.42. The summed E-state index contributed by atoms with van der Waals surface area (Å²) >= 11 is 0. The van der Waals surface area contributed by atoms with Crippen molar-refractivity contribution in [2.45, 2.75) is 45.8 Å². The van der Waals surface area contributed by atoms with E-state index < -0.39 is 0 Å². The number of hydrogen-bond donors (Lipinski definition) is 1. The van der Waals surface area contributed by atoms with E-state index in [0.29, 0.717) is 6.04 Å². The van der Waals surface area contributed by atoms with Crippen LogP contribution in [0.5, 0.6) is 0 Å². The second-order valence-electron chi connectivity index (χ2n) is 4.22. The number of nitrogens with zero attached hydrogens (tertiary/aromatic N) is 1.